The molecule has 0 unspecified atom stereocenters. The number of rotatable bonds is 4. The van der Waals surface area contributed by atoms with Gasteiger partial charge in [-0.2, -0.15) is 5.10 Å². The van der Waals surface area contributed by atoms with Crippen LogP contribution in [-0.2, 0) is 22.6 Å². The van der Waals surface area contributed by atoms with Gasteiger partial charge in [0.1, 0.15) is 5.71 Å². The van der Waals surface area contributed by atoms with Crippen molar-refractivity contribution in [3.05, 3.63) is 35.4 Å². The van der Waals surface area contributed by atoms with E-state index in [0.29, 0.717) is 24.5 Å². The van der Waals surface area contributed by atoms with E-state index in [1.165, 1.54) is 10.6 Å². The molecule has 2 aliphatic heterocycles. The molecule has 2 heterocycles. The molecule has 1 aromatic rings. The highest BCUT2D eigenvalue weighted by Gasteiger charge is 2.31. The third-order valence-electron chi connectivity index (χ3n) is 4.73. The summed E-state index contributed by atoms with van der Waals surface area (Å²) in [6, 6.07) is 7.96. The van der Waals surface area contributed by atoms with Gasteiger partial charge in [-0.25, -0.2) is 5.01 Å². The van der Waals surface area contributed by atoms with E-state index in [9.17, 15) is 14.7 Å². The summed E-state index contributed by atoms with van der Waals surface area (Å²) in [4.78, 5) is 25.9. The third kappa shape index (κ3) is 3.64. The Labute approximate surface area is 141 Å². The van der Waals surface area contributed by atoms with Crippen LogP contribution in [0.25, 0.3) is 0 Å². The number of nitrogens with zero attached hydrogens (tertiary/aromatic N) is 3. The zero-order valence-corrected chi connectivity index (χ0v) is 13.9. The van der Waals surface area contributed by atoms with Crippen LogP contribution in [0.4, 0.5) is 0 Å². The second kappa shape index (κ2) is 7.13. The van der Waals surface area contributed by atoms with Crippen LogP contribution >= 0.6 is 0 Å². The third-order valence-corrected chi connectivity index (χ3v) is 4.73. The second-order valence-corrected chi connectivity index (χ2v) is 6.55. The largest absolute Gasteiger partial charge is 0.392 e. The van der Waals surface area contributed by atoms with Crippen molar-refractivity contribution < 1.29 is 14.7 Å². The number of amides is 2. The summed E-state index contributed by atoms with van der Waals surface area (Å²) >= 11 is 0. The summed E-state index contributed by atoms with van der Waals surface area (Å²) in [6.45, 7) is 1.51. The number of aliphatic hydroxyl groups excluding tert-OH is 1. The van der Waals surface area contributed by atoms with Gasteiger partial charge in [0, 0.05) is 33.0 Å². The molecule has 128 valence electrons. The fraction of sp³-hybridized carbons (Fsp3) is 0.500. The molecule has 6 heteroatoms. The van der Waals surface area contributed by atoms with Gasteiger partial charge in [-0.1, -0.05) is 24.3 Å². The van der Waals surface area contributed by atoms with Gasteiger partial charge >= 0.3 is 0 Å². The van der Waals surface area contributed by atoms with Crippen molar-refractivity contribution in [3.63, 3.8) is 0 Å². The zero-order valence-electron chi connectivity index (χ0n) is 13.9. The van der Waals surface area contributed by atoms with Gasteiger partial charge in [-0.05, 0) is 29.9 Å². The van der Waals surface area contributed by atoms with Crippen LogP contribution < -0.4 is 0 Å². The number of carbonyl (C=O) groups excluding carboxylic acids is 2. The monoisotopic (exact) mass is 329 g/mol. The van der Waals surface area contributed by atoms with E-state index in [4.69, 9.17) is 0 Å². The summed E-state index contributed by atoms with van der Waals surface area (Å²) in [5, 5.41) is 14.6. The smallest absolute Gasteiger partial charge is 0.270 e. The first-order valence-corrected chi connectivity index (χ1v) is 8.39. The first-order chi connectivity index (χ1) is 11.6. The molecule has 1 aromatic carbocycles. The van der Waals surface area contributed by atoms with Crippen molar-refractivity contribution in [2.45, 2.75) is 32.3 Å². The van der Waals surface area contributed by atoms with Crippen molar-refractivity contribution in [2.75, 3.05) is 20.1 Å². The molecular weight excluding hydrogens is 306 g/mol. The van der Waals surface area contributed by atoms with E-state index in [-0.39, 0.29) is 18.4 Å². The molecule has 1 saturated heterocycles. The summed E-state index contributed by atoms with van der Waals surface area (Å²) in [5.74, 6) is 0.335. The van der Waals surface area contributed by atoms with Gasteiger partial charge in [0.25, 0.3) is 5.91 Å². The number of hydrazone groups is 1. The first kappa shape index (κ1) is 16.6. The topological polar surface area (TPSA) is 73.2 Å². The summed E-state index contributed by atoms with van der Waals surface area (Å²) in [7, 11) is 1.59. The fourth-order valence-corrected chi connectivity index (χ4v) is 3.38. The van der Waals surface area contributed by atoms with Crippen molar-refractivity contribution in [1.82, 2.24) is 9.91 Å². The quantitative estimate of drug-likeness (QED) is 0.901. The van der Waals surface area contributed by atoms with Gasteiger partial charge in [-0.15, -0.1) is 0 Å². The zero-order chi connectivity index (χ0) is 17.1. The van der Waals surface area contributed by atoms with Crippen molar-refractivity contribution in [2.24, 2.45) is 11.0 Å². The van der Waals surface area contributed by atoms with Gasteiger partial charge in [-0.3, -0.25) is 9.59 Å². The second-order valence-electron chi connectivity index (χ2n) is 6.55. The normalized spacial score (nSPS) is 21.2. The van der Waals surface area contributed by atoms with E-state index in [1.54, 1.807) is 7.05 Å². The molecule has 0 bridgehead atoms. The number of benzene rings is 1. The first-order valence-electron chi connectivity index (χ1n) is 8.39. The molecule has 0 radical (unpaired) electrons. The van der Waals surface area contributed by atoms with Crippen LogP contribution in [0.3, 0.4) is 0 Å². The number of hydrogen-bond donors (Lipinski definition) is 1. The van der Waals surface area contributed by atoms with E-state index < -0.39 is 0 Å². The molecule has 0 spiro atoms. The lowest BCUT2D eigenvalue weighted by Crippen LogP contribution is -2.39. The Kier molecular flexibility index (Phi) is 4.94. The van der Waals surface area contributed by atoms with Gasteiger partial charge in [0.05, 0.1) is 6.61 Å². The van der Waals surface area contributed by atoms with E-state index >= 15 is 0 Å². The molecule has 0 saturated carbocycles. The van der Waals surface area contributed by atoms with Gasteiger partial charge in [0.15, 0.2) is 0 Å². The van der Waals surface area contributed by atoms with Crippen LogP contribution in [0.5, 0.6) is 0 Å². The molecular formula is C18H23N3O3. The number of carbonyl (C=O) groups is 2. The maximum absolute atomic E-state index is 12.6. The molecule has 1 N–H and O–H groups in total. The minimum absolute atomic E-state index is 0.0408. The van der Waals surface area contributed by atoms with Gasteiger partial charge in [0.2, 0.25) is 5.91 Å². The standard InChI is InChI=1S/C18H23N3O3/c1-20-17(23)6-5-16(19-20)18(24)21-8-7-14(11-21)9-13-3-2-4-15(10-13)12-22/h2-4,10,14,22H,5-9,11-12H2,1H3/t14-/m1/s1. The minimum atomic E-state index is -0.0467. The highest BCUT2D eigenvalue weighted by Crippen LogP contribution is 2.22. The van der Waals surface area contributed by atoms with E-state index in [2.05, 4.69) is 11.2 Å². The highest BCUT2D eigenvalue weighted by atomic mass is 16.3. The Hall–Kier alpha value is -2.21. The Morgan fingerprint density at radius 3 is 2.88 bits per heavy atom. The maximum Gasteiger partial charge on any atom is 0.270 e. The van der Waals surface area contributed by atoms with Crippen LogP contribution in [0, 0.1) is 5.92 Å². The van der Waals surface area contributed by atoms with Crippen LogP contribution in [0.1, 0.15) is 30.4 Å². The molecule has 24 heavy (non-hydrogen) atoms. The molecule has 6 nitrogen and oxygen atoms in total. The fourth-order valence-electron chi connectivity index (χ4n) is 3.38. The Bertz CT molecular complexity index is 671. The summed E-state index contributed by atoms with van der Waals surface area (Å²) < 4.78 is 0. The SMILES string of the molecule is CN1N=C(C(=O)N2CC[C@H](Cc3cccc(CO)c3)C2)CCC1=O. The van der Waals surface area contributed by atoms with Crippen LogP contribution in [0.2, 0.25) is 0 Å². The Morgan fingerprint density at radius 2 is 2.12 bits per heavy atom. The summed E-state index contributed by atoms with van der Waals surface area (Å²) in [6.07, 6.45) is 2.66. The van der Waals surface area contributed by atoms with Crippen molar-refractivity contribution in [1.29, 1.82) is 0 Å². The number of aliphatic hydroxyl groups is 1. The lowest BCUT2D eigenvalue weighted by atomic mass is 9.97. The summed E-state index contributed by atoms with van der Waals surface area (Å²) in [5.41, 5.74) is 2.60. The van der Waals surface area contributed by atoms with Crippen LogP contribution in [-0.4, -0.2) is 52.7 Å². The van der Waals surface area contributed by atoms with Gasteiger partial charge < -0.3 is 10.0 Å². The minimum Gasteiger partial charge on any atom is -0.392 e. The van der Waals surface area contributed by atoms with Crippen molar-refractivity contribution in [3.8, 4) is 0 Å². The lowest BCUT2D eigenvalue weighted by molar-refractivity contribution is -0.130. The van der Waals surface area contributed by atoms with E-state index in [0.717, 1.165) is 31.5 Å². The van der Waals surface area contributed by atoms with Crippen molar-refractivity contribution >= 4 is 17.5 Å². The predicted octanol–water partition coefficient (Wildman–Crippen LogP) is 1.18. The maximum atomic E-state index is 12.6. The highest BCUT2D eigenvalue weighted by molar-refractivity contribution is 6.39. The Morgan fingerprint density at radius 1 is 1.33 bits per heavy atom. The molecule has 2 aliphatic rings. The molecule has 3 rings (SSSR count). The molecule has 2 amide bonds. The number of likely N-dealkylation sites (tertiary alicyclic amines) is 1. The molecule has 0 aromatic heterocycles. The predicted molar refractivity (Wildman–Crippen MR) is 90.2 cm³/mol. The van der Waals surface area contributed by atoms with E-state index in [1.807, 2.05) is 23.1 Å². The number of hydrogen-bond acceptors (Lipinski definition) is 4. The average molecular weight is 329 g/mol. The molecule has 1 atom stereocenters. The molecule has 1 fully saturated rings. The van der Waals surface area contributed by atoms with Crippen LogP contribution in [0.15, 0.2) is 29.4 Å². The lowest BCUT2D eigenvalue weighted by Gasteiger charge is -2.22. The Balaban J connectivity index is 1.60. The average Bonchev–Trinajstić information content (AvgIpc) is 3.05. The molecule has 0 aliphatic carbocycles.